The molecule has 1 fully saturated rings. The van der Waals surface area contributed by atoms with Crippen molar-refractivity contribution in [3.05, 3.63) is 29.8 Å². The maximum Gasteiger partial charge on any atom is 0.227 e. The lowest BCUT2D eigenvalue weighted by molar-refractivity contribution is -0.118. The fourth-order valence-corrected chi connectivity index (χ4v) is 3.97. The second-order valence-corrected chi connectivity index (χ2v) is 7.14. The standard InChI is InChI=1S/C21H32N4O2/c1-3-27-18-11-14-24(15-12-18)21(22-2)23-13-6-9-20(26)25-16-10-17-7-4-5-8-19(17)25/h4-5,7-8,18H,3,6,9-16H2,1-2H3,(H,22,23). The summed E-state index contributed by atoms with van der Waals surface area (Å²) < 4.78 is 5.71. The van der Waals surface area contributed by atoms with Crippen molar-refractivity contribution in [2.75, 3.05) is 44.7 Å². The van der Waals surface area contributed by atoms with Gasteiger partial charge in [0, 0.05) is 51.9 Å². The number of likely N-dealkylation sites (tertiary alicyclic amines) is 1. The van der Waals surface area contributed by atoms with Crippen LogP contribution < -0.4 is 10.2 Å². The summed E-state index contributed by atoms with van der Waals surface area (Å²) in [5.74, 6) is 1.15. The van der Waals surface area contributed by atoms with Gasteiger partial charge < -0.3 is 19.9 Å². The third kappa shape index (κ3) is 5.01. The van der Waals surface area contributed by atoms with E-state index in [9.17, 15) is 4.79 Å². The number of carbonyl (C=O) groups is 1. The van der Waals surface area contributed by atoms with Gasteiger partial charge in [0.1, 0.15) is 0 Å². The Kier molecular flexibility index (Phi) is 7.10. The monoisotopic (exact) mass is 372 g/mol. The molecule has 1 aromatic rings. The van der Waals surface area contributed by atoms with E-state index < -0.39 is 0 Å². The normalized spacial score (nSPS) is 17.9. The van der Waals surface area contributed by atoms with Gasteiger partial charge in [0.15, 0.2) is 5.96 Å². The van der Waals surface area contributed by atoms with E-state index in [0.717, 1.165) is 70.1 Å². The number of benzene rings is 1. The van der Waals surface area contributed by atoms with Crippen LogP contribution in [0, 0.1) is 0 Å². The number of amides is 1. The molecule has 0 atom stereocenters. The Hall–Kier alpha value is -2.08. The highest BCUT2D eigenvalue weighted by Gasteiger charge is 2.24. The van der Waals surface area contributed by atoms with Crippen molar-refractivity contribution >= 4 is 17.6 Å². The summed E-state index contributed by atoms with van der Waals surface area (Å²) >= 11 is 0. The number of para-hydroxylation sites is 1. The molecule has 1 aromatic carbocycles. The molecule has 148 valence electrons. The number of fused-ring (bicyclic) bond motifs is 1. The minimum Gasteiger partial charge on any atom is -0.378 e. The van der Waals surface area contributed by atoms with Gasteiger partial charge in [-0.15, -0.1) is 0 Å². The van der Waals surface area contributed by atoms with Crippen LogP contribution in [-0.2, 0) is 16.0 Å². The Morgan fingerprint density at radius 2 is 2.04 bits per heavy atom. The van der Waals surface area contributed by atoms with E-state index in [1.54, 1.807) is 0 Å². The van der Waals surface area contributed by atoms with Crippen LogP contribution in [0.2, 0.25) is 0 Å². The van der Waals surface area contributed by atoms with Crippen molar-refractivity contribution in [2.24, 2.45) is 4.99 Å². The molecule has 27 heavy (non-hydrogen) atoms. The van der Waals surface area contributed by atoms with Crippen LogP contribution in [0.1, 0.15) is 38.2 Å². The van der Waals surface area contributed by atoms with E-state index >= 15 is 0 Å². The molecule has 2 heterocycles. The van der Waals surface area contributed by atoms with E-state index in [1.165, 1.54) is 5.56 Å². The number of aliphatic imine (C=N–C) groups is 1. The summed E-state index contributed by atoms with van der Waals surface area (Å²) in [4.78, 5) is 21.2. The summed E-state index contributed by atoms with van der Waals surface area (Å²) in [6.45, 7) is 6.34. The van der Waals surface area contributed by atoms with Crippen molar-refractivity contribution < 1.29 is 9.53 Å². The first kappa shape index (κ1) is 19.7. The van der Waals surface area contributed by atoms with Crippen molar-refractivity contribution in [1.82, 2.24) is 10.2 Å². The lowest BCUT2D eigenvalue weighted by atomic mass is 10.1. The van der Waals surface area contributed by atoms with Crippen LogP contribution in [0.25, 0.3) is 0 Å². The van der Waals surface area contributed by atoms with Crippen molar-refractivity contribution in [1.29, 1.82) is 0 Å². The maximum absolute atomic E-state index is 12.6. The molecule has 0 bridgehead atoms. The number of nitrogens with zero attached hydrogens (tertiary/aromatic N) is 3. The quantitative estimate of drug-likeness (QED) is 0.473. The number of nitrogens with one attached hydrogen (secondary N) is 1. The summed E-state index contributed by atoms with van der Waals surface area (Å²) in [5.41, 5.74) is 2.36. The highest BCUT2D eigenvalue weighted by molar-refractivity contribution is 5.95. The summed E-state index contributed by atoms with van der Waals surface area (Å²) in [6.07, 6.45) is 4.80. The van der Waals surface area contributed by atoms with Gasteiger partial charge in [-0.3, -0.25) is 9.79 Å². The minimum atomic E-state index is 0.217. The molecule has 1 amide bonds. The first-order valence-corrected chi connectivity index (χ1v) is 10.2. The van der Waals surface area contributed by atoms with Gasteiger partial charge in [0.2, 0.25) is 5.91 Å². The van der Waals surface area contributed by atoms with E-state index in [0.29, 0.717) is 12.5 Å². The highest BCUT2D eigenvalue weighted by Crippen LogP contribution is 2.28. The van der Waals surface area contributed by atoms with E-state index in [1.807, 2.05) is 30.1 Å². The topological polar surface area (TPSA) is 57.2 Å². The second kappa shape index (κ2) is 9.74. The molecule has 2 aliphatic rings. The molecular weight excluding hydrogens is 340 g/mol. The van der Waals surface area contributed by atoms with Gasteiger partial charge in [0.25, 0.3) is 0 Å². The summed E-state index contributed by atoms with van der Waals surface area (Å²) in [5, 5.41) is 3.42. The van der Waals surface area contributed by atoms with E-state index in [4.69, 9.17) is 4.74 Å². The number of anilines is 1. The van der Waals surface area contributed by atoms with Gasteiger partial charge in [0.05, 0.1) is 6.10 Å². The number of carbonyl (C=O) groups excluding carboxylic acids is 1. The maximum atomic E-state index is 12.6. The first-order chi connectivity index (χ1) is 13.2. The van der Waals surface area contributed by atoms with Gasteiger partial charge in [-0.1, -0.05) is 18.2 Å². The number of hydrogen-bond donors (Lipinski definition) is 1. The third-order valence-electron chi connectivity index (χ3n) is 5.39. The summed E-state index contributed by atoms with van der Waals surface area (Å²) in [7, 11) is 1.82. The van der Waals surface area contributed by atoms with Crippen molar-refractivity contribution in [3.8, 4) is 0 Å². The predicted molar refractivity (Wildman–Crippen MR) is 109 cm³/mol. The molecule has 2 aliphatic heterocycles. The van der Waals surface area contributed by atoms with Gasteiger partial charge >= 0.3 is 0 Å². The molecule has 0 saturated carbocycles. The molecule has 0 aromatic heterocycles. The number of guanidine groups is 1. The second-order valence-electron chi connectivity index (χ2n) is 7.14. The Morgan fingerprint density at radius 3 is 2.78 bits per heavy atom. The van der Waals surface area contributed by atoms with Crippen LogP contribution in [-0.4, -0.2) is 62.7 Å². The number of hydrogen-bond acceptors (Lipinski definition) is 3. The lowest BCUT2D eigenvalue weighted by Crippen LogP contribution is -2.47. The van der Waals surface area contributed by atoms with E-state index in [2.05, 4.69) is 28.2 Å². The van der Waals surface area contributed by atoms with Crippen LogP contribution in [0.5, 0.6) is 0 Å². The Balaban J connectivity index is 1.39. The smallest absolute Gasteiger partial charge is 0.227 e. The van der Waals surface area contributed by atoms with Crippen molar-refractivity contribution in [3.63, 3.8) is 0 Å². The molecule has 6 heteroatoms. The molecule has 0 aliphatic carbocycles. The van der Waals surface area contributed by atoms with Crippen LogP contribution in [0.3, 0.4) is 0 Å². The zero-order valence-electron chi connectivity index (χ0n) is 16.6. The van der Waals surface area contributed by atoms with Crippen LogP contribution in [0.4, 0.5) is 5.69 Å². The third-order valence-corrected chi connectivity index (χ3v) is 5.39. The molecule has 1 N–H and O–H groups in total. The highest BCUT2D eigenvalue weighted by atomic mass is 16.5. The fourth-order valence-electron chi connectivity index (χ4n) is 3.97. The SMILES string of the molecule is CCOC1CCN(C(=NC)NCCCC(=O)N2CCc3ccccc32)CC1. The molecule has 0 unspecified atom stereocenters. The molecule has 1 saturated heterocycles. The minimum absolute atomic E-state index is 0.217. The van der Waals surface area contributed by atoms with E-state index in [-0.39, 0.29) is 5.91 Å². The van der Waals surface area contributed by atoms with Crippen molar-refractivity contribution in [2.45, 2.75) is 45.1 Å². The average Bonchev–Trinajstić information content (AvgIpc) is 3.13. The van der Waals surface area contributed by atoms with Gasteiger partial charge in [-0.2, -0.15) is 0 Å². The van der Waals surface area contributed by atoms with Gasteiger partial charge in [-0.05, 0) is 44.2 Å². The Labute approximate surface area is 162 Å². The van der Waals surface area contributed by atoms with Crippen LogP contribution in [0.15, 0.2) is 29.3 Å². The largest absolute Gasteiger partial charge is 0.378 e. The molecule has 3 rings (SSSR count). The molecule has 6 nitrogen and oxygen atoms in total. The molecular formula is C21H32N4O2. The number of rotatable bonds is 6. The molecule has 0 radical (unpaired) electrons. The number of piperidine rings is 1. The average molecular weight is 373 g/mol. The first-order valence-electron chi connectivity index (χ1n) is 10.2. The zero-order valence-corrected chi connectivity index (χ0v) is 16.6. The number of ether oxygens (including phenoxy) is 1. The van der Waals surface area contributed by atoms with Crippen LogP contribution >= 0.6 is 0 Å². The zero-order chi connectivity index (χ0) is 19.1. The van der Waals surface area contributed by atoms with Gasteiger partial charge in [-0.25, -0.2) is 0 Å². The lowest BCUT2D eigenvalue weighted by Gasteiger charge is -2.34. The molecule has 0 spiro atoms. The Morgan fingerprint density at radius 1 is 1.26 bits per heavy atom. The summed E-state index contributed by atoms with van der Waals surface area (Å²) in [6, 6.07) is 8.21. The fraction of sp³-hybridized carbons (Fsp3) is 0.619. The predicted octanol–water partition coefficient (Wildman–Crippen LogP) is 2.43. The Bertz CT molecular complexity index is 653.